The van der Waals surface area contributed by atoms with Gasteiger partial charge >= 0.3 is 23.8 Å². The van der Waals surface area contributed by atoms with E-state index in [0.717, 1.165) is 227 Å². The molecule has 26 nitrogen and oxygen atoms in total. The van der Waals surface area contributed by atoms with Gasteiger partial charge in [-0.15, -0.1) is 22.7 Å². The lowest BCUT2D eigenvalue weighted by Crippen LogP contribution is -2.25. The summed E-state index contributed by atoms with van der Waals surface area (Å²) in [6.45, 7) is 38.8. The fraction of sp³-hybridized carbons (Fsp3) is 0.640. The Labute approximate surface area is 705 Å². The van der Waals surface area contributed by atoms with Crippen LogP contribution < -0.4 is 28.4 Å². The average Bonchev–Trinajstić information content (AvgIpc) is 1.65. The third-order valence-electron chi connectivity index (χ3n) is 20.9. The number of hydrogen-bond acceptors (Lipinski definition) is 28. The minimum absolute atomic E-state index is 0.102. The summed E-state index contributed by atoms with van der Waals surface area (Å²) in [4.78, 5) is 53.2. The fourth-order valence-electron chi connectivity index (χ4n) is 13.5. The van der Waals surface area contributed by atoms with E-state index in [-0.39, 0.29) is 6.10 Å². The van der Waals surface area contributed by atoms with Gasteiger partial charge in [-0.1, -0.05) is 116 Å². The van der Waals surface area contributed by atoms with E-state index in [9.17, 15) is 0 Å². The summed E-state index contributed by atoms with van der Waals surface area (Å²) >= 11 is 3.24. The first-order valence-corrected chi connectivity index (χ1v) is 44.0. The predicted octanol–water partition coefficient (Wildman–Crippen LogP) is 18.2. The number of unbranched alkanes of at least 4 members (excludes halogenated alkanes) is 1. The van der Waals surface area contributed by atoms with Crippen LogP contribution in [-0.4, -0.2) is 247 Å². The number of aromatic nitrogens is 6. The van der Waals surface area contributed by atoms with Crippen molar-refractivity contribution in [2.24, 2.45) is 22.1 Å². The number of methoxy groups -OCH3 is 3. The van der Waals surface area contributed by atoms with Crippen molar-refractivity contribution in [3.63, 3.8) is 0 Å². The van der Waals surface area contributed by atoms with Crippen LogP contribution in [0.2, 0.25) is 0 Å². The number of thiazole rings is 2. The first kappa shape index (κ1) is 94.5. The molecular weight excluding hydrogens is 1520 g/mol. The SMILES string of the molecule is CC(C)Cc1nc(C2=CCCN(C)C2)oc1OC(C)C.CCCCOc1oc(C2=CCCN(C)C2)nc1[C@H](C)CC.CCOc1oc(C2=CCCN(C)C2)nc1[C@H](C)CC.CC[C@H](C)c1nc(C2=CCCN(C)C2)oc1OC.CO/N=C(\c1sc(C2=CCCN(C)C2)nc1OC)C1CC1.CO/N=C\c1sc(C2=CCCN(C)C2)nc1OC. The van der Waals surface area contributed by atoms with Crippen molar-refractivity contribution >= 4 is 68.0 Å². The molecule has 28 heteroatoms. The van der Waals surface area contributed by atoms with Gasteiger partial charge in [0.1, 0.15) is 62.5 Å². The number of oxazole rings is 4. The van der Waals surface area contributed by atoms with E-state index in [4.69, 9.17) is 55.9 Å². The molecule has 0 amide bonds. The summed E-state index contributed by atoms with van der Waals surface area (Å²) in [6.07, 6.45) is 30.0. The maximum Gasteiger partial charge on any atom is 0.309 e. The number of oxime groups is 2. The molecule has 3 atom stereocenters. The standard InChI is InChI=1S/C17H28N2O2.C16H26N2O2.C15H21N3O2S.C15H24N2O2.C14H22N2O2.C12H17N3O2S/c1-5-7-11-20-17-15(13(3)6-2)18-16(21-17)14-9-8-10-19(4)12-14;1-11(2)9-14-16(19-12(3)4)20-15(17-14)13-7-6-8-18(5)10-13;1-18-8-4-5-11(9-18)15-16-14(19-2)13(21-15)12(17-20-3)10-6-7-10;1-5-11(3)13-15(18-6-2)19-14(16-13)12-8-7-9-17(4)10-12;1-5-10(2)12-14(17-4)18-13(15-12)11-7-6-8-16(3)9-11;1-15-6-4-5-9(8-15)12-14-11(16-2)10(18-12)7-13-17-3/h9,13H,5-8,10-12H2,1-4H3;7,11-12H,6,8-10H2,1-5H3;5,10H,4,6-9H2,1-3H3;8,11H,5-7,9-10H2,1-4H3;7,10H,5-6,8-9H2,1-4H3;5,7H,4,6,8H2,1-3H3/b;;17-12-;;;13-7-/t13-;;;11-;10-;/m1..10./s1. The molecule has 0 radical (unpaired) electrons. The summed E-state index contributed by atoms with van der Waals surface area (Å²) in [5.74, 6) is 8.68. The molecule has 0 bridgehead atoms. The van der Waals surface area contributed by atoms with Gasteiger partial charge in [-0.05, 0) is 164 Å². The summed E-state index contributed by atoms with van der Waals surface area (Å²) < 4.78 is 56.6. The van der Waals surface area contributed by atoms with Crippen LogP contribution in [0.25, 0.3) is 33.4 Å². The number of ether oxygens (including phenoxy) is 6. The average molecular weight is 1660 g/mol. The van der Waals surface area contributed by atoms with E-state index in [0.29, 0.717) is 84.2 Å². The lowest BCUT2D eigenvalue weighted by atomic mass is 10.1. The maximum absolute atomic E-state index is 5.94. The van der Waals surface area contributed by atoms with Gasteiger partial charge in [0.2, 0.25) is 35.3 Å². The van der Waals surface area contributed by atoms with Crippen LogP contribution in [-0.2, 0) is 16.1 Å². The highest BCUT2D eigenvalue weighted by atomic mass is 32.1. The van der Waals surface area contributed by atoms with E-state index in [1.807, 2.05) is 20.8 Å². The Kier molecular flexibility index (Phi) is 39.0. The summed E-state index contributed by atoms with van der Waals surface area (Å²) in [6, 6.07) is 0. The Hall–Kier alpha value is -7.96. The molecule has 0 saturated heterocycles. The van der Waals surface area contributed by atoms with Gasteiger partial charge in [0, 0.05) is 125 Å². The van der Waals surface area contributed by atoms with Crippen molar-refractivity contribution < 1.29 is 55.8 Å². The third kappa shape index (κ3) is 28.6. The van der Waals surface area contributed by atoms with Crippen molar-refractivity contribution in [2.45, 2.75) is 197 Å². The van der Waals surface area contributed by atoms with Crippen LogP contribution in [0.15, 0.2) is 64.4 Å². The second-order valence-electron chi connectivity index (χ2n) is 32.0. The molecule has 0 unspecified atom stereocenters. The zero-order chi connectivity index (χ0) is 84.7. The van der Waals surface area contributed by atoms with E-state index < -0.39 is 0 Å². The molecule has 6 aromatic heterocycles. The normalized spacial score (nSPS) is 18.1. The van der Waals surface area contributed by atoms with E-state index in [2.05, 4.69) is 211 Å². The molecule has 7 aliphatic rings. The van der Waals surface area contributed by atoms with Gasteiger partial charge in [0.05, 0.1) is 46.9 Å². The Morgan fingerprint density at radius 1 is 0.470 bits per heavy atom. The molecule has 0 N–H and O–H groups in total. The Bertz CT molecular complexity index is 4230. The molecule has 648 valence electrons. The highest BCUT2D eigenvalue weighted by Crippen LogP contribution is 2.42. The Morgan fingerprint density at radius 2 is 0.863 bits per heavy atom. The first-order valence-electron chi connectivity index (χ1n) is 42.4. The number of hydrogen-bond donors (Lipinski definition) is 0. The molecule has 1 fully saturated rings. The monoisotopic (exact) mass is 1660 g/mol. The first-order chi connectivity index (χ1) is 56.4. The molecule has 13 rings (SSSR count). The predicted molar refractivity (Wildman–Crippen MR) is 473 cm³/mol. The smallest absolute Gasteiger partial charge is 0.309 e. The molecule has 6 aromatic rings. The third-order valence-corrected chi connectivity index (χ3v) is 23.0. The minimum Gasteiger partial charge on any atom is -0.480 e. The van der Waals surface area contributed by atoms with Gasteiger partial charge in [-0.3, -0.25) is 0 Å². The number of rotatable bonds is 30. The molecule has 0 aromatic carbocycles. The van der Waals surface area contributed by atoms with Gasteiger partial charge in [-0.25, -0.2) is 29.9 Å². The van der Waals surface area contributed by atoms with Crippen LogP contribution in [0.3, 0.4) is 0 Å². The Balaban J connectivity index is 0.000000175. The van der Waals surface area contributed by atoms with Crippen molar-refractivity contribution in [3.8, 4) is 35.5 Å². The van der Waals surface area contributed by atoms with Gasteiger partial charge < -0.3 is 85.2 Å². The lowest BCUT2D eigenvalue weighted by Gasteiger charge is -2.21. The molecule has 1 aliphatic carbocycles. The van der Waals surface area contributed by atoms with E-state index in [1.165, 1.54) is 47.8 Å². The van der Waals surface area contributed by atoms with Crippen molar-refractivity contribution in [1.29, 1.82) is 0 Å². The van der Waals surface area contributed by atoms with E-state index in [1.54, 1.807) is 57.3 Å². The number of likely N-dealkylation sites (N-methyl/N-ethyl adjacent to an activating group) is 6. The minimum atomic E-state index is 0.102. The second-order valence-corrected chi connectivity index (χ2v) is 34.0. The summed E-state index contributed by atoms with van der Waals surface area (Å²) in [5.41, 5.74) is 12.0. The molecule has 6 aliphatic heterocycles. The largest absolute Gasteiger partial charge is 0.480 e. The quantitative estimate of drug-likeness (QED) is 0.0231. The highest BCUT2D eigenvalue weighted by Gasteiger charge is 2.35. The Morgan fingerprint density at radius 3 is 1.24 bits per heavy atom. The van der Waals surface area contributed by atoms with Crippen LogP contribution in [0, 0.1) is 11.8 Å². The van der Waals surface area contributed by atoms with Crippen LogP contribution in [0.1, 0.15) is 250 Å². The van der Waals surface area contributed by atoms with Crippen molar-refractivity contribution in [3.05, 3.63) is 103 Å². The van der Waals surface area contributed by atoms with E-state index >= 15 is 0 Å². The molecule has 12 heterocycles. The second kappa shape index (κ2) is 48.3. The van der Waals surface area contributed by atoms with Gasteiger partial charge in [0.25, 0.3) is 0 Å². The van der Waals surface area contributed by atoms with Crippen molar-refractivity contribution in [1.82, 2.24) is 59.3 Å². The molecule has 117 heavy (non-hydrogen) atoms. The van der Waals surface area contributed by atoms with Crippen LogP contribution in [0.4, 0.5) is 0 Å². The van der Waals surface area contributed by atoms with Gasteiger partial charge in [-0.2, -0.15) is 0 Å². The zero-order valence-corrected chi connectivity index (χ0v) is 76.4. The maximum atomic E-state index is 5.94. The number of nitrogens with zero attached hydrogens (tertiary/aromatic N) is 14. The summed E-state index contributed by atoms with van der Waals surface area (Å²) in [5, 5.41) is 10.0. The van der Waals surface area contributed by atoms with Crippen LogP contribution >= 0.6 is 22.7 Å². The zero-order valence-electron chi connectivity index (χ0n) is 74.8. The molecule has 0 spiro atoms. The van der Waals surface area contributed by atoms with Gasteiger partial charge in [0.15, 0.2) is 0 Å². The topological polar surface area (TPSA) is 248 Å². The highest BCUT2D eigenvalue weighted by molar-refractivity contribution is 7.15. The molecule has 1 saturated carbocycles. The molecular formula is C89H138N14O12S2. The lowest BCUT2D eigenvalue weighted by molar-refractivity contribution is 0.182. The fourth-order valence-corrected chi connectivity index (χ4v) is 15.6. The summed E-state index contributed by atoms with van der Waals surface area (Å²) in [7, 11) is 20.8. The van der Waals surface area contributed by atoms with Crippen molar-refractivity contribution in [2.75, 3.05) is 170 Å². The van der Waals surface area contributed by atoms with Crippen LogP contribution in [0.5, 0.6) is 35.5 Å².